The predicted octanol–water partition coefficient (Wildman–Crippen LogP) is 0.596. The molecule has 106 valence electrons. The van der Waals surface area contributed by atoms with Crippen LogP contribution in [0.15, 0.2) is 6.20 Å². The number of carbonyl (C=O) groups is 1. The Kier molecular flexibility index (Phi) is 4.71. The van der Waals surface area contributed by atoms with Crippen molar-refractivity contribution >= 4 is 23.4 Å². The molecule has 0 saturated carbocycles. The summed E-state index contributed by atoms with van der Waals surface area (Å²) in [6, 6.07) is 0.258. The number of methoxy groups -OCH3 is 1. The minimum absolute atomic E-state index is 0.0948. The van der Waals surface area contributed by atoms with Gasteiger partial charge in [0, 0.05) is 38.7 Å². The molecule has 7 heteroatoms. The van der Waals surface area contributed by atoms with Gasteiger partial charge in [0.1, 0.15) is 0 Å². The zero-order chi connectivity index (χ0) is 13.8. The first-order valence-electron chi connectivity index (χ1n) is 6.30. The Bertz CT molecular complexity index is 443. The van der Waals surface area contributed by atoms with Gasteiger partial charge in [0.2, 0.25) is 0 Å². The summed E-state index contributed by atoms with van der Waals surface area (Å²) >= 11 is 1.87. The topological polar surface area (TPSA) is 73.4 Å². The van der Waals surface area contributed by atoms with Crippen LogP contribution in [0.1, 0.15) is 16.9 Å². The van der Waals surface area contributed by atoms with Crippen molar-refractivity contribution in [2.45, 2.75) is 12.5 Å². The largest absolute Gasteiger partial charge is 0.396 e. The van der Waals surface area contributed by atoms with Gasteiger partial charge in [-0.25, -0.2) is 0 Å². The molecule has 1 fully saturated rings. The van der Waals surface area contributed by atoms with Gasteiger partial charge in [-0.3, -0.25) is 9.48 Å². The third kappa shape index (κ3) is 3.22. The minimum Gasteiger partial charge on any atom is -0.396 e. The van der Waals surface area contributed by atoms with E-state index in [0.717, 1.165) is 17.9 Å². The molecule has 0 spiro atoms. The lowest BCUT2D eigenvalue weighted by Crippen LogP contribution is -2.42. The molecule has 0 bridgehead atoms. The second-order valence-electron chi connectivity index (χ2n) is 4.62. The number of carbonyl (C=O) groups excluding carboxylic acids is 1. The Labute approximate surface area is 117 Å². The van der Waals surface area contributed by atoms with Gasteiger partial charge in [0.25, 0.3) is 5.91 Å². The molecule has 1 saturated heterocycles. The number of amides is 1. The van der Waals surface area contributed by atoms with Crippen molar-refractivity contribution in [2.75, 3.05) is 37.5 Å². The average Bonchev–Trinajstić information content (AvgIpc) is 2.99. The summed E-state index contributed by atoms with van der Waals surface area (Å²) in [5, 5.41) is 4.16. The molecule has 1 unspecified atom stereocenters. The summed E-state index contributed by atoms with van der Waals surface area (Å²) in [4.78, 5) is 14.4. The molecule has 6 nitrogen and oxygen atoms in total. The van der Waals surface area contributed by atoms with Crippen LogP contribution in [0, 0.1) is 0 Å². The van der Waals surface area contributed by atoms with Crippen LogP contribution in [0.5, 0.6) is 0 Å². The Hall–Kier alpha value is -1.21. The lowest BCUT2D eigenvalue weighted by atomic mass is 10.2. The molecule has 1 aliphatic heterocycles. The quantitative estimate of drug-likeness (QED) is 0.857. The van der Waals surface area contributed by atoms with E-state index in [-0.39, 0.29) is 11.9 Å². The number of nitrogens with two attached hydrogens (primary N) is 1. The van der Waals surface area contributed by atoms with Crippen LogP contribution in [-0.4, -0.2) is 58.4 Å². The van der Waals surface area contributed by atoms with Gasteiger partial charge in [-0.05, 0) is 12.2 Å². The molecule has 2 N–H and O–H groups in total. The maximum Gasteiger partial charge on any atom is 0.276 e. The second-order valence-corrected chi connectivity index (χ2v) is 5.77. The highest BCUT2D eigenvalue weighted by Gasteiger charge is 2.29. The maximum atomic E-state index is 12.6. The van der Waals surface area contributed by atoms with Gasteiger partial charge in [-0.1, -0.05) is 0 Å². The van der Waals surface area contributed by atoms with Crippen LogP contribution in [0.25, 0.3) is 0 Å². The summed E-state index contributed by atoms with van der Waals surface area (Å²) in [5.74, 6) is 1.98. The predicted molar refractivity (Wildman–Crippen MR) is 76.3 cm³/mol. The monoisotopic (exact) mass is 284 g/mol. The number of rotatable bonds is 5. The Morgan fingerprint density at radius 3 is 3.05 bits per heavy atom. The van der Waals surface area contributed by atoms with Crippen LogP contribution >= 0.6 is 11.8 Å². The highest BCUT2D eigenvalue weighted by Crippen LogP contribution is 2.24. The van der Waals surface area contributed by atoms with Crippen LogP contribution < -0.4 is 5.73 Å². The van der Waals surface area contributed by atoms with Crippen LogP contribution in [0.3, 0.4) is 0 Å². The zero-order valence-corrected chi connectivity index (χ0v) is 12.2. The molecule has 0 aromatic carbocycles. The van der Waals surface area contributed by atoms with Crippen molar-refractivity contribution in [3.8, 4) is 0 Å². The van der Waals surface area contributed by atoms with E-state index < -0.39 is 0 Å². The summed E-state index contributed by atoms with van der Waals surface area (Å²) in [7, 11) is 3.40. The van der Waals surface area contributed by atoms with E-state index in [1.54, 1.807) is 25.0 Å². The first kappa shape index (κ1) is 14.2. The number of aryl methyl sites for hydroxylation is 1. The summed E-state index contributed by atoms with van der Waals surface area (Å²) in [5.41, 5.74) is 6.61. The van der Waals surface area contributed by atoms with Crippen LogP contribution in [0.2, 0.25) is 0 Å². The summed E-state index contributed by atoms with van der Waals surface area (Å²) in [6.07, 6.45) is 2.68. The van der Waals surface area contributed by atoms with E-state index in [1.807, 2.05) is 16.7 Å². The van der Waals surface area contributed by atoms with Gasteiger partial charge in [0.05, 0.1) is 12.3 Å². The fraction of sp³-hybridized carbons (Fsp3) is 0.667. The maximum absolute atomic E-state index is 12.6. The molecule has 2 rings (SSSR count). The van der Waals surface area contributed by atoms with Crippen LogP contribution in [-0.2, 0) is 11.8 Å². The number of nitrogens with zero attached hydrogens (tertiary/aromatic N) is 3. The van der Waals surface area contributed by atoms with Crippen molar-refractivity contribution in [1.29, 1.82) is 0 Å². The normalized spacial score (nSPS) is 18.7. The van der Waals surface area contributed by atoms with E-state index in [2.05, 4.69) is 5.10 Å². The van der Waals surface area contributed by atoms with E-state index in [4.69, 9.17) is 10.5 Å². The number of nitrogen functional groups attached to an aromatic ring is 1. The second kappa shape index (κ2) is 6.29. The SMILES string of the molecule is COCCN(C(=O)c1nn(C)cc1N)C1CCSC1. The molecule has 19 heavy (non-hydrogen) atoms. The Morgan fingerprint density at radius 1 is 1.74 bits per heavy atom. The highest BCUT2D eigenvalue weighted by molar-refractivity contribution is 7.99. The standard InChI is InChI=1S/C12H20N4O2S/c1-15-7-10(13)11(14-15)12(17)16(4-5-18-2)9-3-6-19-8-9/h7,9H,3-6,8,13H2,1-2H3. The third-order valence-electron chi connectivity index (χ3n) is 3.20. The van der Waals surface area contributed by atoms with Crippen molar-refractivity contribution in [1.82, 2.24) is 14.7 Å². The van der Waals surface area contributed by atoms with Gasteiger partial charge in [-0.15, -0.1) is 0 Å². The molecular weight excluding hydrogens is 264 g/mol. The van der Waals surface area contributed by atoms with Crippen molar-refractivity contribution < 1.29 is 9.53 Å². The van der Waals surface area contributed by atoms with Gasteiger partial charge >= 0.3 is 0 Å². The number of hydrogen-bond donors (Lipinski definition) is 1. The fourth-order valence-electron chi connectivity index (χ4n) is 2.22. The third-order valence-corrected chi connectivity index (χ3v) is 4.35. The molecule has 1 aromatic rings. The Morgan fingerprint density at radius 2 is 2.53 bits per heavy atom. The highest BCUT2D eigenvalue weighted by atomic mass is 32.2. The van der Waals surface area contributed by atoms with Gasteiger partial charge < -0.3 is 15.4 Å². The molecule has 1 aliphatic rings. The van der Waals surface area contributed by atoms with Crippen LogP contribution in [0.4, 0.5) is 5.69 Å². The number of ether oxygens (including phenoxy) is 1. The molecule has 2 heterocycles. The lowest BCUT2D eigenvalue weighted by Gasteiger charge is -2.27. The van der Waals surface area contributed by atoms with Gasteiger partial charge in [-0.2, -0.15) is 16.9 Å². The van der Waals surface area contributed by atoms with Crippen molar-refractivity contribution in [2.24, 2.45) is 7.05 Å². The number of aromatic nitrogens is 2. The Balaban J connectivity index is 2.16. The smallest absolute Gasteiger partial charge is 0.276 e. The number of thioether (sulfide) groups is 1. The molecule has 1 atom stereocenters. The van der Waals surface area contributed by atoms with E-state index >= 15 is 0 Å². The molecular formula is C12H20N4O2S. The van der Waals surface area contributed by atoms with Gasteiger partial charge in [0.15, 0.2) is 5.69 Å². The molecule has 0 radical (unpaired) electrons. The summed E-state index contributed by atoms with van der Waals surface area (Å²) < 4.78 is 6.67. The lowest BCUT2D eigenvalue weighted by molar-refractivity contribution is 0.0619. The minimum atomic E-state index is -0.0948. The zero-order valence-electron chi connectivity index (χ0n) is 11.3. The van der Waals surface area contributed by atoms with E-state index in [9.17, 15) is 4.79 Å². The molecule has 0 aliphatic carbocycles. The van der Waals surface area contributed by atoms with Crippen molar-refractivity contribution in [3.63, 3.8) is 0 Å². The fourth-order valence-corrected chi connectivity index (χ4v) is 3.44. The molecule has 1 aromatic heterocycles. The average molecular weight is 284 g/mol. The van der Waals surface area contributed by atoms with Crippen molar-refractivity contribution in [3.05, 3.63) is 11.9 Å². The number of hydrogen-bond acceptors (Lipinski definition) is 5. The first-order chi connectivity index (χ1) is 9.13. The summed E-state index contributed by atoms with van der Waals surface area (Å²) in [6.45, 7) is 1.11. The molecule has 1 amide bonds. The first-order valence-corrected chi connectivity index (χ1v) is 7.45. The number of anilines is 1. The van der Waals surface area contributed by atoms with E-state index in [1.165, 1.54) is 0 Å². The van der Waals surface area contributed by atoms with E-state index in [0.29, 0.717) is 24.5 Å².